The van der Waals surface area contributed by atoms with Gasteiger partial charge in [-0.05, 0) is 38.5 Å². The number of rotatable bonds is 8. The van der Waals surface area contributed by atoms with Crippen molar-refractivity contribution in [2.45, 2.75) is 33.4 Å². The zero-order chi connectivity index (χ0) is 20.6. The molecule has 1 aliphatic heterocycles. The molecule has 29 heavy (non-hydrogen) atoms. The van der Waals surface area contributed by atoms with Gasteiger partial charge in [0.15, 0.2) is 5.96 Å². The summed E-state index contributed by atoms with van der Waals surface area (Å²) in [6, 6.07) is 6.38. The van der Waals surface area contributed by atoms with Crippen molar-refractivity contribution in [2.75, 3.05) is 45.1 Å². The van der Waals surface area contributed by atoms with Crippen LogP contribution in [-0.2, 0) is 21.3 Å². The molecule has 1 fully saturated rings. The van der Waals surface area contributed by atoms with E-state index in [4.69, 9.17) is 4.74 Å². The molecule has 1 N–H and O–H groups in total. The fraction of sp³-hybridized carbons (Fsp3) is 0.632. The highest BCUT2D eigenvalue weighted by Gasteiger charge is 2.28. The molecule has 1 aromatic rings. The number of nitrogens with zero attached hydrogens (tertiary/aromatic N) is 3. The lowest BCUT2D eigenvalue weighted by Gasteiger charge is -2.36. The highest BCUT2D eigenvalue weighted by molar-refractivity contribution is 14.0. The molecule has 1 aliphatic rings. The van der Waals surface area contributed by atoms with E-state index in [9.17, 15) is 12.8 Å². The number of aliphatic imine (C=N–C) groups is 1. The molecule has 10 heteroatoms. The normalized spacial score (nSPS) is 16.0. The van der Waals surface area contributed by atoms with Crippen molar-refractivity contribution in [3.63, 3.8) is 0 Å². The van der Waals surface area contributed by atoms with Crippen molar-refractivity contribution in [2.24, 2.45) is 4.99 Å². The van der Waals surface area contributed by atoms with E-state index in [1.54, 1.807) is 6.07 Å². The molecular weight excluding hydrogens is 510 g/mol. The SMILES string of the molecule is CCNC(=NCc1cccc(F)c1)N1CCN(S(=O)(=O)CCOC(C)C)CC1.I. The van der Waals surface area contributed by atoms with Gasteiger partial charge in [0.2, 0.25) is 10.0 Å². The van der Waals surface area contributed by atoms with E-state index in [2.05, 4.69) is 10.3 Å². The largest absolute Gasteiger partial charge is 0.378 e. The average molecular weight is 542 g/mol. The van der Waals surface area contributed by atoms with Crippen LogP contribution in [0.2, 0.25) is 0 Å². The van der Waals surface area contributed by atoms with Gasteiger partial charge in [-0.15, -0.1) is 24.0 Å². The zero-order valence-corrected chi connectivity index (χ0v) is 20.5. The van der Waals surface area contributed by atoms with Gasteiger partial charge in [0.25, 0.3) is 0 Å². The van der Waals surface area contributed by atoms with Crippen LogP contribution >= 0.6 is 24.0 Å². The van der Waals surface area contributed by atoms with Gasteiger partial charge in [0.1, 0.15) is 5.82 Å². The van der Waals surface area contributed by atoms with Gasteiger partial charge in [-0.1, -0.05) is 12.1 Å². The predicted octanol–water partition coefficient (Wildman–Crippen LogP) is 2.28. The zero-order valence-electron chi connectivity index (χ0n) is 17.3. The fourth-order valence-corrected chi connectivity index (χ4v) is 4.21. The Balaban J connectivity index is 0.00000420. The van der Waals surface area contributed by atoms with Crippen molar-refractivity contribution in [1.82, 2.24) is 14.5 Å². The molecule has 0 amide bonds. The van der Waals surface area contributed by atoms with E-state index in [0.29, 0.717) is 45.2 Å². The van der Waals surface area contributed by atoms with Gasteiger partial charge in [0, 0.05) is 32.7 Å². The van der Waals surface area contributed by atoms with Gasteiger partial charge in [-0.25, -0.2) is 17.8 Å². The van der Waals surface area contributed by atoms with E-state index in [1.165, 1.54) is 16.4 Å². The third kappa shape index (κ3) is 8.73. The highest BCUT2D eigenvalue weighted by Crippen LogP contribution is 2.10. The van der Waals surface area contributed by atoms with Gasteiger partial charge < -0.3 is 15.0 Å². The minimum absolute atomic E-state index is 0. The first-order valence-electron chi connectivity index (χ1n) is 9.69. The first kappa shape index (κ1) is 26.1. The molecule has 2 rings (SSSR count). The number of hydrogen-bond donors (Lipinski definition) is 1. The summed E-state index contributed by atoms with van der Waals surface area (Å²) in [7, 11) is -3.32. The Morgan fingerprint density at radius 3 is 2.55 bits per heavy atom. The molecule has 0 spiro atoms. The first-order valence-corrected chi connectivity index (χ1v) is 11.3. The van der Waals surface area contributed by atoms with Crippen molar-refractivity contribution >= 4 is 40.0 Å². The number of piperazine rings is 1. The highest BCUT2D eigenvalue weighted by atomic mass is 127. The second-order valence-electron chi connectivity index (χ2n) is 6.92. The van der Waals surface area contributed by atoms with Crippen molar-refractivity contribution in [1.29, 1.82) is 0 Å². The third-order valence-corrected chi connectivity index (χ3v) is 6.19. The average Bonchev–Trinajstić information content (AvgIpc) is 2.65. The molecule has 0 bridgehead atoms. The lowest BCUT2D eigenvalue weighted by molar-refractivity contribution is 0.0904. The van der Waals surface area contributed by atoms with E-state index in [1.807, 2.05) is 31.7 Å². The van der Waals surface area contributed by atoms with Crippen LogP contribution in [0.15, 0.2) is 29.3 Å². The first-order chi connectivity index (χ1) is 13.3. The number of guanidine groups is 1. The van der Waals surface area contributed by atoms with Crippen LogP contribution in [0.5, 0.6) is 0 Å². The van der Waals surface area contributed by atoms with Crippen LogP contribution in [0.4, 0.5) is 4.39 Å². The number of nitrogens with one attached hydrogen (secondary N) is 1. The second kappa shape index (κ2) is 12.7. The minimum Gasteiger partial charge on any atom is -0.378 e. The maximum Gasteiger partial charge on any atom is 0.216 e. The molecule has 7 nitrogen and oxygen atoms in total. The maximum atomic E-state index is 13.3. The van der Waals surface area contributed by atoms with E-state index < -0.39 is 10.0 Å². The van der Waals surface area contributed by atoms with Crippen LogP contribution < -0.4 is 5.32 Å². The number of ether oxygens (including phenoxy) is 1. The molecule has 0 saturated carbocycles. The van der Waals surface area contributed by atoms with Crippen LogP contribution in [0, 0.1) is 5.82 Å². The molecule has 1 heterocycles. The van der Waals surface area contributed by atoms with Crippen LogP contribution in [0.25, 0.3) is 0 Å². The topological polar surface area (TPSA) is 74.2 Å². The van der Waals surface area contributed by atoms with Crippen LogP contribution in [0.1, 0.15) is 26.3 Å². The summed E-state index contributed by atoms with van der Waals surface area (Å²) in [5, 5.41) is 3.23. The maximum absolute atomic E-state index is 13.3. The Kier molecular flexibility index (Phi) is 11.4. The number of halogens is 2. The van der Waals surface area contributed by atoms with Crippen molar-refractivity contribution < 1.29 is 17.5 Å². The molecule has 0 aliphatic carbocycles. The molecule has 1 saturated heterocycles. The molecule has 0 atom stereocenters. The molecule has 0 unspecified atom stereocenters. The lowest BCUT2D eigenvalue weighted by atomic mass is 10.2. The third-order valence-electron chi connectivity index (χ3n) is 4.36. The Labute approximate surface area is 190 Å². The molecule has 0 radical (unpaired) electrons. The Morgan fingerprint density at radius 2 is 1.97 bits per heavy atom. The van der Waals surface area contributed by atoms with Crippen molar-refractivity contribution in [3.8, 4) is 0 Å². The molecule has 166 valence electrons. The Hall–Kier alpha value is -0.980. The summed E-state index contributed by atoms with van der Waals surface area (Å²) in [6.45, 7) is 8.96. The monoisotopic (exact) mass is 542 g/mol. The van der Waals surface area contributed by atoms with Gasteiger partial charge in [-0.2, -0.15) is 4.31 Å². The fourth-order valence-electron chi connectivity index (χ4n) is 2.92. The second-order valence-corrected chi connectivity index (χ2v) is 9.01. The summed E-state index contributed by atoms with van der Waals surface area (Å²) in [6.07, 6.45) is 0.0176. The predicted molar refractivity (Wildman–Crippen MR) is 125 cm³/mol. The van der Waals surface area contributed by atoms with Crippen LogP contribution in [-0.4, -0.2) is 74.8 Å². The van der Waals surface area contributed by atoms with E-state index in [0.717, 1.165) is 5.56 Å². The lowest BCUT2D eigenvalue weighted by Crippen LogP contribution is -2.54. The van der Waals surface area contributed by atoms with Gasteiger partial charge >= 0.3 is 0 Å². The smallest absolute Gasteiger partial charge is 0.216 e. The summed E-state index contributed by atoms with van der Waals surface area (Å²) in [5.74, 6) is 0.434. The number of hydrogen-bond acceptors (Lipinski definition) is 4. The molecule has 1 aromatic carbocycles. The molecular formula is C19H32FIN4O3S. The summed E-state index contributed by atoms with van der Waals surface area (Å²) in [5.41, 5.74) is 0.793. The van der Waals surface area contributed by atoms with E-state index >= 15 is 0 Å². The minimum atomic E-state index is -3.32. The summed E-state index contributed by atoms with van der Waals surface area (Å²) >= 11 is 0. The van der Waals surface area contributed by atoms with Gasteiger partial charge in [0.05, 0.1) is 25.0 Å². The molecule has 0 aromatic heterocycles. The number of benzene rings is 1. The van der Waals surface area contributed by atoms with Crippen LogP contribution in [0.3, 0.4) is 0 Å². The van der Waals surface area contributed by atoms with E-state index in [-0.39, 0.29) is 48.3 Å². The Bertz CT molecular complexity index is 754. The summed E-state index contributed by atoms with van der Waals surface area (Å²) < 4.78 is 45.1. The van der Waals surface area contributed by atoms with Crippen molar-refractivity contribution in [3.05, 3.63) is 35.6 Å². The Morgan fingerprint density at radius 1 is 1.28 bits per heavy atom. The quantitative estimate of drug-likeness (QED) is 0.310. The standard InChI is InChI=1S/C19H31FN4O3S.HI/c1-4-21-19(22-15-17-6-5-7-18(20)14-17)23-8-10-24(11-9-23)28(25,26)13-12-27-16(2)3;/h5-7,14,16H,4,8-13,15H2,1-3H3,(H,21,22);1H. The summed E-state index contributed by atoms with van der Waals surface area (Å²) in [4.78, 5) is 6.62. The number of sulfonamides is 1. The van der Waals surface area contributed by atoms with Gasteiger partial charge in [-0.3, -0.25) is 0 Å².